The predicted molar refractivity (Wildman–Crippen MR) is 60.3 cm³/mol. The average Bonchev–Trinajstić information content (AvgIpc) is 2.01. The van der Waals surface area contributed by atoms with Crippen molar-refractivity contribution in [2.45, 2.75) is 40.2 Å². The van der Waals surface area contributed by atoms with Gasteiger partial charge in [0.2, 0.25) is 0 Å². The van der Waals surface area contributed by atoms with E-state index in [0.29, 0.717) is 5.92 Å². The lowest BCUT2D eigenvalue weighted by Gasteiger charge is -2.18. The molecule has 0 saturated carbocycles. The maximum atomic E-state index is 10.1. The van der Waals surface area contributed by atoms with Gasteiger partial charge < -0.3 is 5.11 Å². The fourth-order valence-corrected chi connectivity index (χ4v) is 1.92. The van der Waals surface area contributed by atoms with Crippen LogP contribution >= 0.6 is 0 Å². The van der Waals surface area contributed by atoms with Gasteiger partial charge in [-0.3, -0.25) is 0 Å². The van der Waals surface area contributed by atoms with Crippen LogP contribution in [0.4, 0.5) is 0 Å². The minimum Gasteiger partial charge on any atom is -0.388 e. The van der Waals surface area contributed by atoms with Crippen LogP contribution in [0.2, 0.25) is 0 Å². The minimum absolute atomic E-state index is 0.309. The first-order chi connectivity index (χ1) is 6.52. The van der Waals surface area contributed by atoms with Crippen molar-refractivity contribution in [3.63, 3.8) is 0 Å². The molecular formula is C13H20O. The van der Waals surface area contributed by atoms with Crippen LogP contribution in [0.1, 0.15) is 43.1 Å². The Morgan fingerprint density at radius 3 is 2.07 bits per heavy atom. The Labute approximate surface area is 86.8 Å². The summed E-state index contributed by atoms with van der Waals surface area (Å²) in [6.45, 7) is 8.39. The minimum atomic E-state index is -0.309. The quantitative estimate of drug-likeness (QED) is 0.778. The summed E-state index contributed by atoms with van der Waals surface area (Å²) in [7, 11) is 0. The number of hydrogen-bond donors (Lipinski definition) is 1. The number of rotatable bonds is 3. The van der Waals surface area contributed by atoms with E-state index < -0.39 is 0 Å². The molecule has 0 amide bonds. The lowest BCUT2D eigenvalue weighted by atomic mass is 9.93. The molecule has 0 aliphatic carbocycles. The number of aliphatic hydroxyl groups excluding tert-OH is 1. The Hall–Kier alpha value is -0.820. The van der Waals surface area contributed by atoms with Crippen molar-refractivity contribution in [1.29, 1.82) is 0 Å². The second-order valence-electron chi connectivity index (χ2n) is 4.45. The molecule has 0 fully saturated rings. The van der Waals surface area contributed by atoms with E-state index in [-0.39, 0.29) is 6.10 Å². The molecule has 0 heterocycles. The van der Waals surface area contributed by atoms with E-state index in [4.69, 9.17) is 0 Å². The first kappa shape index (κ1) is 11.3. The van der Waals surface area contributed by atoms with Crippen LogP contribution in [-0.4, -0.2) is 5.11 Å². The molecule has 14 heavy (non-hydrogen) atoms. The molecule has 1 nitrogen and oxygen atoms in total. The molecule has 0 saturated heterocycles. The summed E-state index contributed by atoms with van der Waals surface area (Å²) >= 11 is 0. The summed E-state index contributed by atoms with van der Waals surface area (Å²) in [6.07, 6.45) is 0.530. The van der Waals surface area contributed by atoms with Crippen molar-refractivity contribution >= 4 is 0 Å². The van der Waals surface area contributed by atoms with Gasteiger partial charge in [-0.2, -0.15) is 0 Å². The van der Waals surface area contributed by atoms with E-state index in [9.17, 15) is 5.11 Å². The molecule has 78 valence electrons. The summed E-state index contributed by atoms with van der Waals surface area (Å²) < 4.78 is 0. The SMILES string of the molecule is Cc1cccc(C)c1C(O)CC(C)C. The van der Waals surface area contributed by atoms with Gasteiger partial charge in [-0.15, -0.1) is 0 Å². The van der Waals surface area contributed by atoms with Gasteiger partial charge in [0.05, 0.1) is 6.10 Å². The van der Waals surface area contributed by atoms with Crippen LogP contribution in [0.5, 0.6) is 0 Å². The topological polar surface area (TPSA) is 20.2 Å². The van der Waals surface area contributed by atoms with Crippen LogP contribution in [0.25, 0.3) is 0 Å². The highest BCUT2D eigenvalue weighted by molar-refractivity contribution is 5.35. The molecule has 0 aliphatic rings. The van der Waals surface area contributed by atoms with Gasteiger partial charge in [0.15, 0.2) is 0 Å². The van der Waals surface area contributed by atoms with Gasteiger partial charge in [0.25, 0.3) is 0 Å². The second kappa shape index (κ2) is 4.61. The zero-order valence-corrected chi connectivity index (χ0v) is 9.54. The van der Waals surface area contributed by atoms with E-state index in [1.807, 2.05) is 6.07 Å². The van der Waals surface area contributed by atoms with Crippen LogP contribution in [0.3, 0.4) is 0 Å². The number of aliphatic hydroxyl groups is 1. The molecule has 0 aromatic heterocycles. The molecule has 0 radical (unpaired) electrons. The molecule has 0 spiro atoms. The highest BCUT2D eigenvalue weighted by Crippen LogP contribution is 2.26. The van der Waals surface area contributed by atoms with Crippen LogP contribution in [-0.2, 0) is 0 Å². The average molecular weight is 192 g/mol. The van der Waals surface area contributed by atoms with Crippen LogP contribution < -0.4 is 0 Å². The third-order valence-corrected chi connectivity index (χ3v) is 2.57. The first-order valence-corrected chi connectivity index (χ1v) is 5.26. The fourth-order valence-electron chi connectivity index (χ4n) is 1.92. The van der Waals surface area contributed by atoms with E-state index in [1.54, 1.807) is 0 Å². The molecular weight excluding hydrogens is 172 g/mol. The Morgan fingerprint density at radius 1 is 1.14 bits per heavy atom. The van der Waals surface area contributed by atoms with Crippen molar-refractivity contribution in [3.05, 3.63) is 34.9 Å². The summed E-state index contributed by atoms with van der Waals surface area (Å²) in [5.41, 5.74) is 3.50. The maximum Gasteiger partial charge on any atom is 0.0797 e. The van der Waals surface area contributed by atoms with E-state index >= 15 is 0 Å². The highest BCUT2D eigenvalue weighted by atomic mass is 16.3. The summed E-state index contributed by atoms with van der Waals surface area (Å²) in [4.78, 5) is 0. The zero-order valence-electron chi connectivity index (χ0n) is 9.54. The van der Waals surface area contributed by atoms with E-state index in [1.165, 1.54) is 11.1 Å². The van der Waals surface area contributed by atoms with E-state index in [2.05, 4.69) is 39.8 Å². The van der Waals surface area contributed by atoms with Crippen molar-refractivity contribution in [3.8, 4) is 0 Å². The van der Waals surface area contributed by atoms with Gasteiger partial charge in [0.1, 0.15) is 0 Å². The summed E-state index contributed by atoms with van der Waals surface area (Å²) in [5.74, 6) is 0.531. The third kappa shape index (κ3) is 2.58. The number of aryl methyl sites for hydroxylation is 2. The van der Waals surface area contributed by atoms with Gasteiger partial charge >= 0.3 is 0 Å². The monoisotopic (exact) mass is 192 g/mol. The standard InChI is InChI=1S/C13H20O/c1-9(2)8-12(14)13-10(3)6-5-7-11(13)4/h5-7,9,12,14H,8H2,1-4H3. The molecule has 0 bridgehead atoms. The summed E-state index contributed by atoms with van der Waals surface area (Å²) in [5, 5.41) is 10.1. The Bertz CT molecular complexity index is 282. The molecule has 1 rings (SSSR count). The summed E-state index contributed by atoms with van der Waals surface area (Å²) in [6, 6.07) is 6.16. The molecule has 1 heteroatoms. The highest BCUT2D eigenvalue weighted by Gasteiger charge is 2.13. The Morgan fingerprint density at radius 2 is 1.64 bits per heavy atom. The van der Waals surface area contributed by atoms with Gasteiger partial charge in [-0.25, -0.2) is 0 Å². The van der Waals surface area contributed by atoms with Crippen molar-refractivity contribution in [2.24, 2.45) is 5.92 Å². The lowest BCUT2D eigenvalue weighted by Crippen LogP contribution is -2.05. The second-order valence-corrected chi connectivity index (χ2v) is 4.45. The molecule has 1 N–H and O–H groups in total. The van der Waals surface area contributed by atoms with Crippen molar-refractivity contribution in [1.82, 2.24) is 0 Å². The predicted octanol–water partition coefficient (Wildman–Crippen LogP) is 3.38. The zero-order chi connectivity index (χ0) is 10.7. The van der Waals surface area contributed by atoms with E-state index in [0.717, 1.165) is 12.0 Å². The molecule has 1 aromatic carbocycles. The molecule has 1 unspecified atom stereocenters. The lowest BCUT2D eigenvalue weighted by molar-refractivity contribution is 0.149. The smallest absolute Gasteiger partial charge is 0.0797 e. The molecule has 0 aliphatic heterocycles. The van der Waals surface area contributed by atoms with Gasteiger partial charge in [0, 0.05) is 0 Å². The molecule has 1 aromatic rings. The Kier molecular flexibility index (Phi) is 3.70. The molecule has 1 atom stereocenters. The van der Waals surface area contributed by atoms with Crippen molar-refractivity contribution < 1.29 is 5.11 Å². The normalized spacial score (nSPS) is 13.3. The Balaban J connectivity index is 2.94. The van der Waals surface area contributed by atoms with Gasteiger partial charge in [-0.1, -0.05) is 32.0 Å². The van der Waals surface area contributed by atoms with Gasteiger partial charge in [-0.05, 0) is 42.9 Å². The first-order valence-electron chi connectivity index (χ1n) is 5.26. The van der Waals surface area contributed by atoms with Crippen LogP contribution in [0, 0.1) is 19.8 Å². The largest absolute Gasteiger partial charge is 0.388 e. The maximum absolute atomic E-state index is 10.1. The number of hydrogen-bond acceptors (Lipinski definition) is 1. The third-order valence-electron chi connectivity index (χ3n) is 2.57. The fraction of sp³-hybridized carbons (Fsp3) is 0.538. The van der Waals surface area contributed by atoms with Crippen LogP contribution in [0.15, 0.2) is 18.2 Å². The number of benzene rings is 1. The van der Waals surface area contributed by atoms with Crippen molar-refractivity contribution in [2.75, 3.05) is 0 Å².